The molecule has 1 aliphatic rings. The number of nitrogens with zero attached hydrogens (tertiary/aromatic N) is 2. The van der Waals surface area contributed by atoms with Gasteiger partial charge in [0.15, 0.2) is 0 Å². The maximum Gasteiger partial charge on any atom is 0.410 e. The van der Waals surface area contributed by atoms with E-state index in [1.54, 1.807) is 11.0 Å². The zero-order valence-corrected chi connectivity index (χ0v) is 11.6. The smallest absolute Gasteiger partial charge is 0.410 e. The van der Waals surface area contributed by atoms with Gasteiger partial charge >= 0.3 is 12.0 Å². The van der Waals surface area contributed by atoms with Crippen molar-refractivity contribution in [2.24, 2.45) is 11.1 Å². The zero-order valence-electron chi connectivity index (χ0n) is 11.6. The molecular weight excluding hydrogens is 248 g/mol. The van der Waals surface area contributed by atoms with Gasteiger partial charge in [-0.05, 0) is 39.5 Å². The highest BCUT2D eigenvalue weighted by Gasteiger charge is 2.25. The standard InChI is InChI=1S/C13H20N2O4/c1-13(2,3)19-12(17)15-8-6-10(7-9-15)4-5-11(16)14-18/h4-5,10H,6-9H2,1-3H3/b5-4+. The molecule has 6 heteroatoms. The molecule has 1 aliphatic heterocycles. The third-order valence-corrected chi connectivity index (χ3v) is 2.79. The summed E-state index contributed by atoms with van der Waals surface area (Å²) in [5.41, 5.74) is -0.490. The Morgan fingerprint density at radius 1 is 1.26 bits per heavy atom. The molecule has 19 heavy (non-hydrogen) atoms. The fourth-order valence-corrected chi connectivity index (χ4v) is 1.85. The summed E-state index contributed by atoms with van der Waals surface area (Å²) in [5.74, 6) is -0.570. The Hall–Kier alpha value is -1.72. The summed E-state index contributed by atoms with van der Waals surface area (Å²) in [7, 11) is 0. The number of hydrogen-bond acceptors (Lipinski definition) is 4. The normalized spacial score (nSPS) is 17.5. The Morgan fingerprint density at radius 2 is 1.84 bits per heavy atom. The first-order chi connectivity index (χ1) is 8.81. The maximum absolute atomic E-state index is 11.8. The average molecular weight is 268 g/mol. The predicted octanol–water partition coefficient (Wildman–Crippen LogP) is 2.48. The number of ether oxygens (including phenoxy) is 1. The molecule has 1 rings (SSSR count). The van der Waals surface area contributed by atoms with Crippen LogP contribution < -0.4 is 0 Å². The minimum atomic E-state index is -0.769. The molecule has 0 N–H and O–H groups in total. The van der Waals surface area contributed by atoms with Crippen molar-refractivity contribution in [2.45, 2.75) is 39.2 Å². The van der Waals surface area contributed by atoms with E-state index in [0.717, 1.165) is 12.8 Å². The predicted molar refractivity (Wildman–Crippen MR) is 70.5 cm³/mol. The summed E-state index contributed by atoms with van der Waals surface area (Å²) in [4.78, 5) is 34.1. The van der Waals surface area contributed by atoms with E-state index >= 15 is 0 Å². The molecule has 1 fully saturated rings. The number of hydrogen-bond donors (Lipinski definition) is 0. The first kappa shape index (κ1) is 15.3. The highest BCUT2D eigenvalue weighted by molar-refractivity contribution is 5.88. The molecule has 6 nitrogen and oxygen atoms in total. The Bertz CT molecular complexity index is 377. The van der Waals surface area contributed by atoms with E-state index in [0.29, 0.717) is 13.1 Å². The molecule has 1 heterocycles. The fraction of sp³-hybridized carbons (Fsp3) is 0.692. The highest BCUT2D eigenvalue weighted by Crippen LogP contribution is 2.20. The van der Waals surface area contributed by atoms with Gasteiger partial charge in [-0.1, -0.05) is 6.08 Å². The van der Waals surface area contributed by atoms with Crippen LogP contribution in [-0.2, 0) is 9.53 Å². The second-order valence-electron chi connectivity index (χ2n) is 5.59. The molecular formula is C13H20N2O4. The van der Waals surface area contributed by atoms with E-state index in [1.807, 2.05) is 20.8 Å². The van der Waals surface area contributed by atoms with Crippen LogP contribution >= 0.6 is 0 Å². The van der Waals surface area contributed by atoms with Crippen molar-refractivity contribution in [2.75, 3.05) is 13.1 Å². The molecule has 0 aliphatic carbocycles. The van der Waals surface area contributed by atoms with E-state index in [9.17, 15) is 14.5 Å². The van der Waals surface area contributed by atoms with Crippen LogP contribution in [-0.4, -0.2) is 35.6 Å². The first-order valence-electron chi connectivity index (χ1n) is 6.35. The van der Waals surface area contributed by atoms with E-state index in [-0.39, 0.29) is 12.0 Å². The fourth-order valence-electron chi connectivity index (χ4n) is 1.85. The van der Waals surface area contributed by atoms with E-state index in [1.165, 1.54) is 6.08 Å². The van der Waals surface area contributed by atoms with E-state index in [2.05, 4.69) is 5.18 Å². The van der Waals surface area contributed by atoms with Crippen molar-refractivity contribution in [3.63, 3.8) is 0 Å². The lowest BCUT2D eigenvalue weighted by Crippen LogP contribution is -2.41. The Balaban J connectivity index is 2.40. The van der Waals surface area contributed by atoms with Crippen molar-refractivity contribution >= 4 is 12.0 Å². The van der Waals surface area contributed by atoms with Gasteiger partial charge < -0.3 is 9.64 Å². The van der Waals surface area contributed by atoms with Crippen LogP contribution in [0.1, 0.15) is 33.6 Å². The van der Waals surface area contributed by atoms with Crippen molar-refractivity contribution in [3.8, 4) is 0 Å². The third-order valence-electron chi connectivity index (χ3n) is 2.79. The number of rotatable bonds is 2. The molecule has 0 aromatic rings. The lowest BCUT2D eigenvalue weighted by atomic mass is 9.96. The number of nitroso groups, excluding NO2 is 1. The Kier molecular flexibility index (Phi) is 5.20. The molecule has 1 saturated heterocycles. The van der Waals surface area contributed by atoms with Gasteiger partial charge in [0.25, 0.3) is 0 Å². The molecule has 0 aromatic heterocycles. The summed E-state index contributed by atoms with van der Waals surface area (Å²) < 4.78 is 5.29. The van der Waals surface area contributed by atoms with Gasteiger partial charge in [-0.15, -0.1) is 4.91 Å². The van der Waals surface area contributed by atoms with Gasteiger partial charge in [0.2, 0.25) is 0 Å². The minimum absolute atomic E-state index is 0.199. The summed E-state index contributed by atoms with van der Waals surface area (Å²) >= 11 is 0. The second kappa shape index (κ2) is 6.45. The first-order valence-corrected chi connectivity index (χ1v) is 6.35. The largest absolute Gasteiger partial charge is 0.444 e. The van der Waals surface area contributed by atoms with Crippen LogP contribution in [0.4, 0.5) is 4.79 Å². The number of carbonyl (C=O) groups excluding carboxylic acids is 2. The van der Waals surface area contributed by atoms with Gasteiger partial charge in [-0.3, -0.25) is 4.79 Å². The number of amides is 2. The van der Waals surface area contributed by atoms with E-state index in [4.69, 9.17) is 4.74 Å². The minimum Gasteiger partial charge on any atom is -0.444 e. The molecule has 0 saturated carbocycles. The Morgan fingerprint density at radius 3 is 2.32 bits per heavy atom. The Labute approximate surface area is 112 Å². The molecule has 0 unspecified atom stereocenters. The molecule has 0 aromatic carbocycles. The number of carbonyl (C=O) groups is 2. The van der Waals surface area contributed by atoms with Crippen LogP contribution in [0.2, 0.25) is 0 Å². The molecule has 0 radical (unpaired) electrons. The highest BCUT2D eigenvalue weighted by atomic mass is 16.6. The summed E-state index contributed by atoms with van der Waals surface area (Å²) in [6.07, 6.45) is 4.08. The lowest BCUT2D eigenvalue weighted by molar-refractivity contribution is -0.113. The lowest BCUT2D eigenvalue weighted by Gasteiger charge is -2.32. The summed E-state index contributed by atoms with van der Waals surface area (Å²) in [6, 6.07) is 0. The van der Waals surface area contributed by atoms with Crippen LogP contribution in [0.25, 0.3) is 0 Å². The molecule has 0 spiro atoms. The number of likely N-dealkylation sites (tertiary alicyclic amines) is 1. The summed E-state index contributed by atoms with van der Waals surface area (Å²) in [5, 5.41) is 2.30. The summed E-state index contributed by atoms with van der Waals surface area (Å²) in [6.45, 7) is 6.68. The topological polar surface area (TPSA) is 76.0 Å². The van der Waals surface area contributed by atoms with Gasteiger partial charge in [0.1, 0.15) is 5.60 Å². The monoisotopic (exact) mass is 268 g/mol. The van der Waals surface area contributed by atoms with Gasteiger partial charge in [-0.2, -0.15) is 0 Å². The number of piperidine rings is 1. The quantitative estimate of drug-likeness (QED) is 0.569. The van der Waals surface area contributed by atoms with Crippen LogP contribution in [0.3, 0.4) is 0 Å². The van der Waals surface area contributed by atoms with Crippen molar-refractivity contribution in [1.29, 1.82) is 0 Å². The molecule has 0 atom stereocenters. The molecule has 0 bridgehead atoms. The number of allylic oxidation sites excluding steroid dienone is 1. The van der Waals surface area contributed by atoms with Crippen molar-refractivity contribution < 1.29 is 14.3 Å². The molecule has 2 amide bonds. The molecule has 106 valence electrons. The van der Waals surface area contributed by atoms with Crippen LogP contribution in [0, 0.1) is 10.8 Å². The van der Waals surface area contributed by atoms with Crippen LogP contribution in [0.15, 0.2) is 17.3 Å². The van der Waals surface area contributed by atoms with Gasteiger partial charge in [-0.25, -0.2) is 4.79 Å². The van der Waals surface area contributed by atoms with Crippen molar-refractivity contribution in [3.05, 3.63) is 17.1 Å². The average Bonchev–Trinajstić information content (AvgIpc) is 2.34. The van der Waals surface area contributed by atoms with Crippen LogP contribution in [0.5, 0.6) is 0 Å². The van der Waals surface area contributed by atoms with E-state index < -0.39 is 11.5 Å². The zero-order chi connectivity index (χ0) is 14.5. The van der Waals surface area contributed by atoms with Crippen molar-refractivity contribution in [1.82, 2.24) is 4.90 Å². The SMILES string of the molecule is CC(C)(C)OC(=O)N1CCC(/C=C/C(=O)N=O)CC1. The second-order valence-corrected chi connectivity index (χ2v) is 5.59. The third kappa shape index (κ3) is 5.63. The van der Waals surface area contributed by atoms with Gasteiger partial charge in [0.05, 0.1) is 0 Å². The van der Waals surface area contributed by atoms with Gasteiger partial charge in [0, 0.05) is 24.3 Å². The maximum atomic E-state index is 11.8.